The minimum Gasteiger partial charge on any atom is -0.478 e. The topological polar surface area (TPSA) is 66.4 Å². The predicted molar refractivity (Wildman–Crippen MR) is 80.5 cm³/mol. The van der Waals surface area contributed by atoms with Crippen LogP contribution in [0.25, 0.3) is 0 Å². The van der Waals surface area contributed by atoms with Gasteiger partial charge in [0.15, 0.2) is 0 Å². The first-order chi connectivity index (χ1) is 9.90. The highest BCUT2D eigenvalue weighted by atomic mass is 79.9. The van der Waals surface area contributed by atoms with Crippen molar-refractivity contribution in [3.05, 3.63) is 62.8 Å². The molecule has 1 amide bonds. The zero-order chi connectivity index (χ0) is 15.6. The fourth-order valence-electron chi connectivity index (χ4n) is 1.65. The molecular formula is C14H8BrClFNO3. The van der Waals surface area contributed by atoms with Gasteiger partial charge in [-0.2, -0.15) is 0 Å². The molecule has 0 aliphatic heterocycles. The molecule has 0 spiro atoms. The second kappa shape index (κ2) is 6.24. The molecule has 0 aliphatic rings. The number of hydrogen-bond donors (Lipinski definition) is 2. The predicted octanol–water partition coefficient (Wildman–Crippen LogP) is 4.19. The Morgan fingerprint density at radius 1 is 1.24 bits per heavy atom. The normalized spacial score (nSPS) is 10.2. The average Bonchev–Trinajstić information content (AvgIpc) is 2.43. The molecule has 0 saturated carbocycles. The third-order valence-electron chi connectivity index (χ3n) is 2.66. The van der Waals surface area contributed by atoms with Gasteiger partial charge in [-0.05, 0) is 46.3 Å². The second-order valence-corrected chi connectivity index (χ2v) is 5.31. The van der Waals surface area contributed by atoms with Gasteiger partial charge in [0.05, 0.1) is 16.3 Å². The van der Waals surface area contributed by atoms with Crippen LogP contribution in [-0.4, -0.2) is 17.0 Å². The van der Waals surface area contributed by atoms with Crippen LogP contribution < -0.4 is 5.32 Å². The van der Waals surface area contributed by atoms with Crippen LogP contribution in [-0.2, 0) is 0 Å². The van der Waals surface area contributed by atoms with Gasteiger partial charge in [-0.25, -0.2) is 9.18 Å². The summed E-state index contributed by atoms with van der Waals surface area (Å²) in [6.45, 7) is 0. The van der Waals surface area contributed by atoms with Gasteiger partial charge >= 0.3 is 5.97 Å². The number of carbonyl (C=O) groups excluding carboxylic acids is 1. The highest BCUT2D eigenvalue weighted by molar-refractivity contribution is 9.10. The summed E-state index contributed by atoms with van der Waals surface area (Å²) < 4.78 is 13.5. The molecule has 4 nitrogen and oxygen atoms in total. The summed E-state index contributed by atoms with van der Waals surface area (Å²) in [4.78, 5) is 23.2. The maximum atomic E-state index is 13.1. The minimum absolute atomic E-state index is 0.0640. The van der Waals surface area contributed by atoms with Crippen LogP contribution >= 0.6 is 27.5 Å². The van der Waals surface area contributed by atoms with Crippen LogP contribution in [0, 0.1) is 5.82 Å². The monoisotopic (exact) mass is 371 g/mol. The first-order valence-corrected chi connectivity index (χ1v) is 6.85. The number of hydrogen-bond acceptors (Lipinski definition) is 2. The molecule has 2 rings (SSSR count). The summed E-state index contributed by atoms with van der Waals surface area (Å²) in [5.74, 6) is -2.41. The Kier molecular flexibility index (Phi) is 4.59. The Labute approximate surface area is 132 Å². The maximum absolute atomic E-state index is 13.1. The smallest absolute Gasteiger partial charge is 0.337 e. The fraction of sp³-hybridized carbons (Fsp3) is 0. The quantitative estimate of drug-likeness (QED) is 0.849. The summed E-state index contributed by atoms with van der Waals surface area (Å²) in [6.07, 6.45) is 0. The molecule has 0 saturated heterocycles. The van der Waals surface area contributed by atoms with Crippen LogP contribution in [0.3, 0.4) is 0 Å². The van der Waals surface area contributed by atoms with Crippen LogP contribution in [0.15, 0.2) is 40.9 Å². The fourth-order valence-corrected chi connectivity index (χ4v) is 2.30. The number of carboxylic acid groups (broad SMARTS) is 1. The number of benzene rings is 2. The van der Waals surface area contributed by atoms with Crippen LogP contribution in [0.4, 0.5) is 10.1 Å². The van der Waals surface area contributed by atoms with Crippen molar-refractivity contribution in [3.8, 4) is 0 Å². The SMILES string of the molecule is O=C(Nc1c(Br)cccc1C(=O)O)c1ccc(F)c(Cl)c1. The van der Waals surface area contributed by atoms with E-state index in [9.17, 15) is 14.0 Å². The van der Waals surface area contributed by atoms with Gasteiger partial charge < -0.3 is 10.4 Å². The zero-order valence-electron chi connectivity index (χ0n) is 10.4. The van der Waals surface area contributed by atoms with Gasteiger partial charge in [0.1, 0.15) is 5.82 Å². The lowest BCUT2D eigenvalue weighted by atomic mass is 10.1. The van der Waals surface area contributed by atoms with E-state index < -0.39 is 17.7 Å². The molecule has 2 aromatic carbocycles. The van der Waals surface area contributed by atoms with Crippen molar-refractivity contribution in [1.82, 2.24) is 0 Å². The summed E-state index contributed by atoms with van der Waals surface area (Å²) in [5.41, 5.74) is 0.176. The Balaban J connectivity index is 2.36. The molecule has 108 valence electrons. The first kappa shape index (κ1) is 15.5. The molecule has 2 N–H and O–H groups in total. The van der Waals surface area contributed by atoms with E-state index in [4.69, 9.17) is 16.7 Å². The van der Waals surface area contributed by atoms with E-state index in [1.54, 1.807) is 6.07 Å². The van der Waals surface area contributed by atoms with Crippen molar-refractivity contribution >= 4 is 45.1 Å². The van der Waals surface area contributed by atoms with Gasteiger partial charge in [0.25, 0.3) is 5.91 Å². The van der Waals surface area contributed by atoms with Gasteiger partial charge in [-0.1, -0.05) is 17.7 Å². The van der Waals surface area contributed by atoms with Crippen molar-refractivity contribution in [3.63, 3.8) is 0 Å². The van der Waals surface area contributed by atoms with Crippen molar-refractivity contribution in [2.75, 3.05) is 5.32 Å². The summed E-state index contributed by atoms with van der Waals surface area (Å²) in [7, 11) is 0. The van der Waals surface area contributed by atoms with Crippen molar-refractivity contribution in [2.45, 2.75) is 0 Å². The summed E-state index contributed by atoms with van der Waals surface area (Å²) in [5, 5.41) is 11.4. The number of aromatic carboxylic acids is 1. The van der Waals surface area contributed by atoms with Crippen LogP contribution in [0.5, 0.6) is 0 Å². The number of halogens is 3. The lowest BCUT2D eigenvalue weighted by Gasteiger charge is -2.10. The van der Waals surface area contributed by atoms with Crippen molar-refractivity contribution < 1.29 is 19.1 Å². The molecule has 0 unspecified atom stereocenters. The number of amides is 1. The molecule has 21 heavy (non-hydrogen) atoms. The number of carbonyl (C=O) groups is 2. The van der Waals surface area contributed by atoms with Crippen LogP contribution in [0.2, 0.25) is 5.02 Å². The molecule has 0 heterocycles. The van der Waals surface area contributed by atoms with Crippen LogP contribution in [0.1, 0.15) is 20.7 Å². The molecule has 2 aromatic rings. The molecule has 0 radical (unpaired) electrons. The van der Waals surface area contributed by atoms with Gasteiger partial charge in [0, 0.05) is 10.0 Å². The number of carboxylic acids is 1. The molecule has 0 atom stereocenters. The average molecular weight is 373 g/mol. The van der Waals surface area contributed by atoms with E-state index in [-0.39, 0.29) is 21.8 Å². The number of para-hydroxylation sites is 1. The second-order valence-electron chi connectivity index (χ2n) is 4.05. The van der Waals surface area contributed by atoms with Gasteiger partial charge in [-0.3, -0.25) is 4.79 Å². The highest BCUT2D eigenvalue weighted by Crippen LogP contribution is 2.27. The van der Waals surface area contributed by atoms with Crippen molar-refractivity contribution in [2.24, 2.45) is 0 Å². The Morgan fingerprint density at radius 3 is 2.57 bits per heavy atom. The minimum atomic E-state index is -1.18. The Morgan fingerprint density at radius 2 is 1.95 bits per heavy atom. The Bertz CT molecular complexity index is 736. The van der Waals surface area contributed by atoms with Gasteiger partial charge in [0.2, 0.25) is 0 Å². The lowest BCUT2D eigenvalue weighted by molar-refractivity contribution is 0.0698. The maximum Gasteiger partial charge on any atom is 0.337 e. The highest BCUT2D eigenvalue weighted by Gasteiger charge is 2.16. The van der Waals surface area contributed by atoms with E-state index in [1.165, 1.54) is 24.3 Å². The third-order valence-corrected chi connectivity index (χ3v) is 3.61. The molecular weight excluding hydrogens is 365 g/mol. The van der Waals surface area contributed by atoms with E-state index in [0.717, 1.165) is 6.07 Å². The zero-order valence-corrected chi connectivity index (χ0v) is 12.7. The van der Waals surface area contributed by atoms with E-state index in [1.807, 2.05) is 0 Å². The van der Waals surface area contributed by atoms with Crippen molar-refractivity contribution in [1.29, 1.82) is 0 Å². The van der Waals surface area contributed by atoms with E-state index >= 15 is 0 Å². The first-order valence-electron chi connectivity index (χ1n) is 5.68. The third kappa shape index (κ3) is 3.40. The molecule has 0 aliphatic carbocycles. The number of nitrogens with one attached hydrogen (secondary N) is 1. The lowest BCUT2D eigenvalue weighted by Crippen LogP contribution is -2.15. The van der Waals surface area contributed by atoms with E-state index in [2.05, 4.69) is 21.2 Å². The summed E-state index contributed by atoms with van der Waals surface area (Å²) >= 11 is 8.79. The summed E-state index contributed by atoms with van der Waals surface area (Å²) in [6, 6.07) is 7.99. The molecule has 0 fully saturated rings. The molecule has 7 heteroatoms. The van der Waals surface area contributed by atoms with E-state index in [0.29, 0.717) is 4.47 Å². The largest absolute Gasteiger partial charge is 0.478 e. The number of anilines is 1. The van der Waals surface area contributed by atoms with Gasteiger partial charge in [-0.15, -0.1) is 0 Å². The molecule has 0 aromatic heterocycles. The number of rotatable bonds is 3. The Hall–Kier alpha value is -1.92. The standard InChI is InChI=1S/C14H8BrClFNO3/c15-9-3-1-2-8(14(20)21)12(9)18-13(19)7-4-5-11(17)10(16)6-7/h1-6H,(H,18,19)(H,20,21). The molecule has 0 bridgehead atoms.